The molecular weight excluding hydrogens is 294 g/mol. The van der Waals surface area contributed by atoms with Gasteiger partial charge in [0.2, 0.25) is 5.91 Å². The predicted molar refractivity (Wildman–Crippen MR) is 79.8 cm³/mol. The van der Waals surface area contributed by atoms with E-state index in [0.29, 0.717) is 5.75 Å². The first-order chi connectivity index (χ1) is 10.1. The molecule has 110 valence electrons. The number of benzene rings is 1. The minimum Gasteiger partial charge on any atom is -0.496 e. The Balaban J connectivity index is 2.03. The number of rotatable bonds is 5. The van der Waals surface area contributed by atoms with Crippen molar-refractivity contribution in [3.8, 4) is 5.75 Å². The fraction of sp³-hybridized carbons (Fsp3) is 0.231. The van der Waals surface area contributed by atoms with Gasteiger partial charge in [-0.15, -0.1) is 5.10 Å². The van der Waals surface area contributed by atoms with Crippen LogP contribution in [-0.2, 0) is 9.59 Å². The van der Waals surface area contributed by atoms with E-state index in [1.807, 2.05) is 18.2 Å². The summed E-state index contributed by atoms with van der Waals surface area (Å²) in [4.78, 5) is 22.1. The summed E-state index contributed by atoms with van der Waals surface area (Å²) in [7, 11) is 1.56. The maximum atomic E-state index is 11.5. The molecule has 1 unspecified atom stereocenters. The van der Waals surface area contributed by atoms with Crippen LogP contribution >= 0.6 is 11.8 Å². The summed E-state index contributed by atoms with van der Waals surface area (Å²) in [6.07, 6.45) is 1.26. The maximum absolute atomic E-state index is 11.5. The molecular formula is C13H13N3O4S. The zero-order chi connectivity index (χ0) is 15.2. The third-order valence-electron chi connectivity index (χ3n) is 2.62. The molecule has 0 bridgehead atoms. The second-order valence-electron chi connectivity index (χ2n) is 4.09. The Bertz CT molecular complexity index is 615. The molecule has 7 nitrogen and oxygen atoms in total. The first kappa shape index (κ1) is 15.0. The standard InChI is InChI=1S/C13H13N3O4S/c1-20-9-5-3-2-4-8(9)7-14-16-13-15-12(19)10(21-13)6-11(17)18/h2-5,7,10H,6H2,1H3,(H,17,18)(H,15,16,19)/b14-7+. The second kappa shape index (κ2) is 6.89. The van der Waals surface area contributed by atoms with Crippen molar-refractivity contribution < 1.29 is 19.4 Å². The van der Waals surface area contributed by atoms with Crippen molar-refractivity contribution in [1.82, 2.24) is 5.32 Å². The van der Waals surface area contributed by atoms with E-state index >= 15 is 0 Å². The summed E-state index contributed by atoms with van der Waals surface area (Å²) < 4.78 is 5.17. The van der Waals surface area contributed by atoms with E-state index in [1.54, 1.807) is 13.2 Å². The van der Waals surface area contributed by atoms with Gasteiger partial charge >= 0.3 is 5.97 Å². The number of ether oxygens (including phenoxy) is 1. The SMILES string of the molecule is COc1ccccc1/C=N/N=C1\NC(=O)C(CC(=O)O)S1. The number of nitrogens with one attached hydrogen (secondary N) is 1. The predicted octanol–water partition coefficient (Wildman–Crippen LogP) is 1.09. The maximum Gasteiger partial charge on any atom is 0.305 e. The molecule has 1 atom stereocenters. The van der Waals surface area contributed by atoms with Gasteiger partial charge in [-0.05, 0) is 12.1 Å². The fourth-order valence-corrected chi connectivity index (χ4v) is 2.58. The molecule has 1 aromatic carbocycles. The monoisotopic (exact) mass is 307 g/mol. The molecule has 1 aromatic rings. The van der Waals surface area contributed by atoms with Gasteiger partial charge in [-0.3, -0.25) is 9.59 Å². The average molecular weight is 307 g/mol. The van der Waals surface area contributed by atoms with Crippen molar-refractivity contribution in [3.63, 3.8) is 0 Å². The highest BCUT2D eigenvalue weighted by molar-refractivity contribution is 8.15. The van der Waals surface area contributed by atoms with Crippen LogP contribution in [0.5, 0.6) is 5.75 Å². The van der Waals surface area contributed by atoms with Crippen molar-refractivity contribution in [2.75, 3.05) is 7.11 Å². The Hall–Kier alpha value is -2.35. The highest BCUT2D eigenvalue weighted by Gasteiger charge is 2.32. The van der Waals surface area contributed by atoms with Crippen LogP contribution < -0.4 is 10.1 Å². The number of hydrogen-bond acceptors (Lipinski definition) is 6. The van der Waals surface area contributed by atoms with Crippen molar-refractivity contribution in [1.29, 1.82) is 0 Å². The first-order valence-electron chi connectivity index (χ1n) is 6.03. The molecule has 0 aliphatic carbocycles. The summed E-state index contributed by atoms with van der Waals surface area (Å²) in [6.45, 7) is 0. The normalized spacial score (nSPS) is 20.0. The molecule has 1 aliphatic rings. The molecule has 0 radical (unpaired) electrons. The number of aliphatic carboxylic acids is 1. The van der Waals surface area contributed by atoms with Crippen LogP contribution in [0, 0.1) is 0 Å². The molecule has 2 rings (SSSR count). The Morgan fingerprint density at radius 3 is 3.00 bits per heavy atom. The van der Waals surface area contributed by atoms with Crippen LogP contribution in [0.1, 0.15) is 12.0 Å². The molecule has 8 heteroatoms. The number of nitrogens with zero attached hydrogens (tertiary/aromatic N) is 2. The first-order valence-corrected chi connectivity index (χ1v) is 6.91. The fourth-order valence-electron chi connectivity index (χ4n) is 1.66. The topological polar surface area (TPSA) is 100 Å². The van der Waals surface area contributed by atoms with Gasteiger partial charge in [0, 0.05) is 5.56 Å². The third-order valence-corrected chi connectivity index (χ3v) is 3.69. The highest BCUT2D eigenvalue weighted by Crippen LogP contribution is 2.22. The van der Waals surface area contributed by atoms with Crippen LogP contribution in [-0.4, -0.2) is 40.7 Å². The number of hydrogen-bond donors (Lipinski definition) is 2. The largest absolute Gasteiger partial charge is 0.496 e. The second-order valence-corrected chi connectivity index (χ2v) is 5.28. The Labute approximate surface area is 125 Å². The molecule has 2 N–H and O–H groups in total. The van der Waals surface area contributed by atoms with Crippen LogP contribution in [0.4, 0.5) is 0 Å². The number of carboxylic acid groups (broad SMARTS) is 1. The van der Waals surface area contributed by atoms with Crippen molar-refractivity contribution in [3.05, 3.63) is 29.8 Å². The van der Waals surface area contributed by atoms with E-state index in [4.69, 9.17) is 9.84 Å². The molecule has 1 amide bonds. The zero-order valence-electron chi connectivity index (χ0n) is 11.1. The Morgan fingerprint density at radius 1 is 1.52 bits per heavy atom. The van der Waals surface area contributed by atoms with Crippen molar-refractivity contribution in [2.24, 2.45) is 10.2 Å². The Morgan fingerprint density at radius 2 is 2.29 bits per heavy atom. The third kappa shape index (κ3) is 4.06. The van der Waals surface area contributed by atoms with Gasteiger partial charge in [0.25, 0.3) is 0 Å². The molecule has 0 saturated carbocycles. The lowest BCUT2D eigenvalue weighted by molar-refractivity contribution is -0.138. The van der Waals surface area contributed by atoms with Crippen LogP contribution in [0.25, 0.3) is 0 Å². The van der Waals surface area contributed by atoms with E-state index in [1.165, 1.54) is 6.21 Å². The molecule has 1 saturated heterocycles. The number of para-hydroxylation sites is 1. The molecule has 1 aliphatic heterocycles. The number of carbonyl (C=O) groups is 2. The molecule has 21 heavy (non-hydrogen) atoms. The lowest BCUT2D eigenvalue weighted by Crippen LogP contribution is -2.26. The average Bonchev–Trinajstić information content (AvgIpc) is 2.79. The number of carbonyl (C=O) groups excluding carboxylic acids is 1. The van der Waals surface area contributed by atoms with Crippen LogP contribution in [0.2, 0.25) is 0 Å². The quantitative estimate of drug-likeness (QED) is 0.626. The van der Waals surface area contributed by atoms with Gasteiger partial charge in [-0.25, -0.2) is 0 Å². The van der Waals surface area contributed by atoms with Crippen molar-refractivity contribution in [2.45, 2.75) is 11.7 Å². The lowest BCUT2D eigenvalue weighted by atomic mass is 10.2. The number of methoxy groups -OCH3 is 1. The summed E-state index contributed by atoms with van der Waals surface area (Å²) >= 11 is 1.06. The highest BCUT2D eigenvalue weighted by atomic mass is 32.2. The molecule has 0 aromatic heterocycles. The van der Waals surface area contributed by atoms with Gasteiger partial charge in [-0.2, -0.15) is 5.10 Å². The van der Waals surface area contributed by atoms with Crippen LogP contribution in [0.15, 0.2) is 34.5 Å². The summed E-state index contributed by atoms with van der Waals surface area (Å²) in [6, 6.07) is 7.29. The van der Waals surface area contributed by atoms with Gasteiger partial charge in [0.15, 0.2) is 5.17 Å². The van der Waals surface area contributed by atoms with E-state index in [9.17, 15) is 9.59 Å². The minimum absolute atomic E-state index is 0.244. The summed E-state index contributed by atoms with van der Waals surface area (Å²) in [5, 5.41) is 18.5. The van der Waals surface area contributed by atoms with E-state index < -0.39 is 11.2 Å². The number of thioether (sulfide) groups is 1. The van der Waals surface area contributed by atoms with Gasteiger partial charge < -0.3 is 15.2 Å². The Kier molecular flexibility index (Phi) is 4.94. The molecule has 0 spiro atoms. The van der Waals surface area contributed by atoms with Crippen LogP contribution in [0.3, 0.4) is 0 Å². The number of carboxylic acids is 1. The van der Waals surface area contributed by atoms with Gasteiger partial charge in [0.1, 0.15) is 11.0 Å². The van der Waals surface area contributed by atoms with E-state index in [-0.39, 0.29) is 17.5 Å². The van der Waals surface area contributed by atoms with E-state index in [0.717, 1.165) is 17.3 Å². The molecule has 1 fully saturated rings. The van der Waals surface area contributed by atoms with E-state index in [2.05, 4.69) is 15.5 Å². The smallest absolute Gasteiger partial charge is 0.305 e. The van der Waals surface area contributed by atoms with Crippen molar-refractivity contribution >= 4 is 35.0 Å². The zero-order valence-corrected chi connectivity index (χ0v) is 12.0. The van der Waals surface area contributed by atoms with Gasteiger partial charge in [-0.1, -0.05) is 23.9 Å². The number of amides is 1. The minimum atomic E-state index is -1.03. The number of amidine groups is 1. The lowest BCUT2D eigenvalue weighted by Gasteiger charge is -2.01. The molecule has 1 heterocycles. The summed E-state index contributed by atoms with van der Waals surface area (Å²) in [5.74, 6) is -0.733. The van der Waals surface area contributed by atoms with Gasteiger partial charge in [0.05, 0.1) is 19.7 Å². The summed E-state index contributed by atoms with van der Waals surface area (Å²) in [5.41, 5.74) is 0.751.